The minimum atomic E-state index is 0.324. The largest absolute Gasteiger partial charge is 0.311 e. The van der Waals surface area contributed by atoms with Crippen molar-refractivity contribution in [3.8, 4) is 0 Å². The number of rotatable bonds is 3. The lowest BCUT2D eigenvalue weighted by atomic mass is 9.74. The highest BCUT2D eigenvalue weighted by Gasteiger charge is 2.35. The van der Waals surface area contributed by atoms with Crippen LogP contribution < -0.4 is 5.32 Å². The van der Waals surface area contributed by atoms with Crippen LogP contribution >= 0.6 is 0 Å². The molecule has 0 radical (unpaired) electrons. The van der Waals surface area contributed by atoms with Gasteiger partial charge in [0.05, 0.1) is 0 Å². The molecule has 0 spiro atoms. The molecule has 0 bridgehead atoms. The van der Waals surface area contributed by atoms with Crippen molar-refractivity contribution in [1.82, 2.24) is 5.32 Å². The summed E-state index contributed by atoms with van der Waals surface area (Å²) in [7, 11) is 0. The van der Waals surface area contributed by atoms with E-state index in [1.165, 1.54) is 43.4 Å². The summed E-state index contributed by atoms with van der Waals surface area (Å²) in [6.45, 7) is 8.13. The first kappa shape index (κ1) is 12.6. The van der Waals surface area contributed by atoms with E-state index in [9.17, 15) is 0 Å². The van der Waals surface area contributed by atoms with Crippen molar-refractivity contribution in [3.63, 3.8) is 0 Å². The average Bonchev–Trinajstić information content (AvgIpc) is 2.33. The van der Waals surface area contributed by atoms with Crippen LogP contribution in [0.15, 0.2) is 24.3 Å². The summed E-state index contributed by atoms with van der Waals surface area (Å²) in [6.07, 6.45) is 5.20. The van der Waals surface area contributed by atoms with Crippen LogP contribution in [0.1, 0.15) is 44.2 Å². The minimum Gasteiger partial charge on any atom is -0.311 e. The van der Waals surface area contributed by atoms with Crippen LogP contribution in [0.25, 0.3) is 0 Å². The molecule has 1 nitrogen and oxygen atoms in total. The summed E-state index contributed by atoms with van der Waals surface area (Å²) in [5.41, 5.74) is 3.26. The van der Waals surface area contributed by atoms with Crippen molar-refractivity contribution in [3.05, 3.63) is 35.4 Å². The standard InChI is InChI=1S/C16H25N/c1-13(2)16(10-6-7-11-17-16)12-15-9-5-4-8-14(15)3/h4-5,8-9,13,17H,6-7,10-12H2,1-3H3. The second kappa shape index (κ2) is 5.22. The van der Waals surface area contributed by atoms with Gasteiger partial charge in [0.15, 0.2) is 0 Å². The van der Waals surface area contributed by atoms with Crippen LogP contribution in [0, 0.1) is 12.8 Å². The molecule has 1 aromatic rings. The maximum atomic E-state index is 3.81. The molecule has 0 aliphatic carbocycles. The van der Waals surface area contributed by atoms with Crippen LogP contribution in [0.2, 0.25) is 0 Å². The van der Waals surface area contributed by atoms with Crippen molar-refractivity contribution in [2.45, 2.75) is 52.0 Å². The Morgan fingerprint density at radius 2 is 2.00 bits per heavy atom. The molecule has 1 aromatic carbocycles. The van der Waals surface area contributed by atoms with E-state index in [2.05, 4.69) is 50.4 Å². The molecular formula is C16H25N. The van der Waals surface area contributed by atoms with E-state index in [-0.39, 0.29) is 0 Å². The predicted octanol–water partition coefficient (Wildman–Crippen LogP) is 3.71. The summed E-state index contributed by atoms with van der Waals surface area (Å²) in [6, 6.07) is 8.82. The molecule has 1 atom stereocenters. The van der Waals surface area contributed by atoms with Gasteiger partial charge in [-0.15, -0.1) is 0 Å². The molecule has 2 rings (SSSR count). The summed E-state index contributed by atoms with van der Waals surface area (Å²) in [4.78, 5) is 0. The van der Waals surface area contributed by atoms with Gasteiger partial charge in [-0.1, -0.05) is 44.5 Å². The number of hydrogen-bond donors (Lipinski definition) is 1. The third kappa shape index (κ3) is 2.71. The number of nitrogens with one attached hydrogen (secondary N) is 1. The average molecular weight is 231 g/mol. The normalized spacial score (nSPS) is 25.2. The zero-order valence-corrected chi connectivity index (χ0v) is 11.4. The zero-order valence-electron chi connectivity index (χ0n) is 11.4. The van der Waals surface area contributed by atoms with Crippen molar-refractivity contribution < 1.29 is 0 Å². The van der Waals surface area contributed by atoms with Crippen molar-refractivity contribution in [2.75, 3.05) is 6.54 Å². The molecule has 94 valence electrons. The fourth-order valence-electron chi connectivity index (χ4n) is 2.99. The summed E-state index contributed by atoms with van der Waals surface area (Å²) < 4.78 is 0. The van der Waals surface area contributed by atoms with Crippen molar-refractivity contribution in [2.24, 2.45) is 5.92 Å². The van der Waals surface area contributed by atoms with Gasteiger partial charge < -0.3 is 5.32 Å². The molecule has 0 aromatic heterocycles. The SMILES string of the molecule is Cc1ccccc1CC1(C(C)C)CCCCN1. The summed E-state index contributed by atoms with van der Waals surface area (Å²) in [5.74, 6) is 0.697. The summed E-state index contributed by atoms with van der Waals surface area (Å²) >= 11 is 0. The smallest absolute Gasteiger partial charge is 0.0244 e. The van der Waals surface area contributed by atoms with Gasteiger partial charge in [-0.2, -0.15) is 0 Å². The highest BCUT2D eigenvalue weighted by atomic mass is 15.0. The Morgan fingerprint density at radius 1 is 1.24 bits per heavy atom. The maximum Gasteiger partial charge on any atom is 0.0244 e. The molecular weight excluding hydrogens is 206 g/mol. The monoisotopic (exact) mass is 231 g/mol. The third-order valence-corrected chi connectivity index (χ3v) is 4.40. The first-order valence-electron chi connectivity index (χ1n) is 6.93. The molecule has 0 saturated carbocycles. The van der Waals surface area contributed by atoms with Gasteiger partial charge >= 0.3 is 0 Å². The molecule has 1 aliphatic heterocycles. The fourth-order valence-corrected chi connectivity index (χ4v) is 2.99. The van der Waals surface area contributed by atoms with Crippen LogP contribution in [-0.2, 0) is 6.42 Å². The first-order chi connectivity index (χ1) is 8.14. The van der Waals surface area contributed by atoms with E-state index >= 15 is 0 Å². The molecule has 1 heteroatoms. The van der Waals surface area contributed by atoms with E-state index in [0.717, 1.165) is 0 Å². The Kier molecular flexibility index (Phi) is 3.88. The zero-order chi connectivity index (χ0) is 12.3. The topological polar surface area (TPSA) is 12.0 Å². The number of benzene rings is 1. The van der Waals surface area contributed by atoms with Gasteiger partial charge in [0.2, 0.25) is 0 Å². The lowest BCUT2D eigenvalue weighted by Gasteiger charge is -2.42. The Labute approximate surface area is 106 Å². The molecule has 1 fully saturated rings. The highest BCUT2D eigenvalue weighted by molar-refractivity contribution is 5.28. The van der Waals surface area contributed by atoms with Crippen LogP contribution in [0.3, 0.4) is 0 Å². The highest BCUT2D eigenvalue weighted by Crippen LogP contribution is 2.31. The Hall–Kier alpha value is -0.820. The minimum absolute atomic E-state index is 0.324. The van der Waals surface area contributed by atoms with Gasteiger partial charge in [-0.25, -0.2) is 0 Å². The molecule has 1 aliphatic rings. The van der Waals surface area contributed by atoms with E-state index in [4.69, 9.17) is 0 Å². The number of piperidine rings is 1. The lowest BCUT2D eigenvalue weighted by molar-refractivity contribution is 0.182. The molecule has 17 heavy (non-hydrogen) atoms. The van der Waals surface area contributed by atoms with Gasteiger partial charge in [-0.3, -0.25) is 0 Å². The number of aryl methyl sites for hydroxylation is 1. The van der Waals surface area contributed by atoms with Crippen LogP contribution in [0.4, 0.5) is 0 Å². The van der Waals surface area contributed by atoms with Gasteiger partial charge in [0.1, 0.15) is 0 Å². The van der Waals surface area contributed by atoms with E-state index < -0.39 is 0 Å². The van der Waals surface area contributed by atoms with Gasteiger partial charge in [0, 0.05) is 5.54 Å². The second-order valence-electron chi connectivity index (χ2n) is 5.80. The Balaban J connectivity index is 2.21. The van der Waals surface area contributed by atoms with E-state index in [0.29, 0.717) is 11.5 Å². The van der Waals surface area contributed by atoms with Crippen LogP contribution in [-0.4, -0.2) is 12.1 Å². The Bertz CT molecular complexity index is 362. The molecule has 1 unspecified atom stereocenters. The van der Waals surface area contributed by atoms with Crippen molar-refractivity contribution >= 4 is 0 Å². The van der Waals surface area contributed by atoms with Gasteiger partial charge in [-0.05, 0) is 49.8 Å². The third-order valence-electron chi connectivity index (χ3n) is 4.40. The molecule has 0 amide bonds. The molecule has 1 heterocycles. The quantitative estimate of drug-likeness (QED) is 0.836. The second-order valence-corrected chi connectivity index (χ2v) is 5.80. The van der Waals surface area contributed by atoms with E-state index in [1.54, 1.807) is 0 Å². The Morgan fingerprint density at radius 3 is 2.59 bits per heavy atom. The summed E-state index contributed by atoms with van der Waals surface area (Å²) in [5, 5.41) is 3.81. The number of hydrogen-bond acceptors (Lipinski definition) is 1. The van der Waals surface area contributed by atoms with E-state index in [1.807, 2.05) is 0 Å². The van der Waals surface area contributed by atoms with Crippen LogP contribution in [0.5, 0.6) is 0 Å². The molecule has 1 saturated heterocycles. The van der Waals surface area contributed by atoms with Crippen molar-refractivity contribution in [1.29, 1.82) is 0 Å². The lowest BCUT2D eigenvalue weighted by Crippen LogP contribution is -2.54. The first-order valence-corrected chi connectivity index (χ1v) is 6.93. The van der Waals surface area contributed by atoms with Gasteiger partial charge in [0.25, 0.3) is 0 Å². The fraction of sp³-hybridized carbons (Fsp3) is 0.625. The maximum absolute atomic E-state index is 3.81. The predicted molar refractivity (Wildman–Crippen MR) is 74.3 cm³/mol. The molecule has 1 N–H and O–H groups in total.